The number of rotatable bonds is 0. The van der Waals surface area contributed by atoms with Gasteiger partial charge in [-0.05, 0) is 0 Å². The molecule has 0 aromatic carbocycles. The Bertz CT molecular complexity index is 513. The summed E-state index contributed by atoms with van der Waals surface area (Å²) in [6.07, 6.45) is 2.38. The van der Waals surface area contributed by atoms with Crippen LogP contribution in [0.1, 0.15) is 5.56 Å². The largest absolute Gasteiger partial charge is 0.218 e. The molecule has 0 spiro atoms. The van der Waals surface area contributed by atoms with Gasteiger partial charge in [0.1, 0.15) is 11.6 Å². The molecule has 0 amide bonds. The number of nitriles is 1. The summed E-state index contributed by atoms with van der Waals surface area (Å²) < 4.78 is 14.0. The zero-order valence-electron chi connectivity index (χ0n) is 6.20. The molecule has 2 heterocycles. The number of aromatic nitrogens is 3. The highest BCUT2D eigenvalue weighted by Crippen LogP contribution is 2.14. The summed E-state index contributed by atoms with van der Waals surface area (Å²) >= 11 is 5.44. The van der Waals surface area contributed by atoms with E-state index >= 15 is 0 Å². The number of halogens is 2. The van der Waals surface area contributed by atoms with Crippen LogP contribution in [0.25, 0.3) is 5.65 Å². The lowest BCUT2D eigenvalue weighted by molar-refractivity contribution is 0.607. The van der Waals surface area contributed by atoms with Crippen LogP contribution in [0.2, 0.25) is 5.15 Å². The van der Waals surface area contributed by atoms with Gasteiger partial charge in [0, 0.05) is 0 Å². The first-order valence-electron chi connectivity index (χ1n) is 3.32. The lowest BCUT2D eigenvalue weighted by Gasteiger charge is -1.94. The smallest absolute Gasteiger partial charge is 0.178 e. The lowest BCUT2D eigenvalue weighted by atomic mass is 10.4. The van der Waals surface area contributed by atoms with E-state index in [0.717, 1.165) is 6.20 Å². The molecule has 4 nitrogen and oxygen atoms in total. The summed E-state index contributed by atoms with van der Waals surface area (Å²) in [4.78, 5) is 3.67. The van der Waals surface area contributed by atoms with Crippen LogP contribution in [0.5, 0.6) is 0 Å². The first kappa shape index (κ1) is 7.95. The molecule has 6 heteroatoms. The van der Waals surface area contributed by atoms with E-state index in [1.165, 1.54) is 10.7 Å². The Labute approximate surface area is 77.2 Å². The van der Waals surface area contributed by atoms with E-state index in [2.05, 4.69) is 10.1 Å². The highest BCUT2D eigenvalue weighted by molar-refractivity contribution is 6.29. The molecule has 0 bridgehead atoms. The van der Waals surface area contributed by atoms with Crippen LogP contribution in [0.3, 0.4) is 0 Å². The van der Waals surface area contributed by atoms with E-state index in [-0.39, 0.29) is 16.4 Å². The molecular weight excluding hydrogens is 195 g/mol. The minimum atomic E-state index is -0.665. The van der Waals surface area contributed by atoms with Crippen LogP contribution < -0.4 is 0 Å². The monoisotopic (exact) mass is 196 g/mol. The van der Waals surface area contributed by atoms with Crippen molar-refractivity contribution in [3.8, 4) is 6.07 Å². The molecule has 13 heavy (non-hydrogen) atoms. The van der Waals surface area contributed by atoms with Crippen molar-refractivity contribution in [3.63, 3.8) is 0 Å². The zero-order chi connectivity index (χ0) is 9.42. The second-order valence-electron chi connectivity index (χ2n) is 2.32. The quantitative estimate of drug-likeness (QED) is 0.599. The van der Waals surface area contributed by atoms with Gasteiger partial charge < -0.3 is 0 Å². The Balaban J connectivity index is 2.86. The fraction of sp³-hybridized carbons (Fsp3) is 0. The molecule has 0 N–H and O–H groups in total. The van der Waals surface area contributed by atoms with Crippen molar-refractivity contribution < 1.29 is 4.39 Å². The van der Waals surface area contributed by atoms with E-state index < -0.39 is 5.82 Å². The minimum Gasteiger partial charge on any atom is -0.218 e. The van der Waals surface area contributed by atoms with Crippen LogP contribution in [-0.4, -0.2) is 14.6 Å². The summed E-state index contributed by atoms with van der Waals surface area (Å²) in [5, 5.41) is 12.1. The van der Waals surface area contributed by atoms with Crippen molar-refractivity contribution in [3.05, 3.63) is 28.9 Å². The lowest BCUT2D eigenvalue weighted by Crippen LogP contribution is -1.93. The van der Waals surface area contributed by atoms with Gasteiger partial charge in [-0.1, -0.05) is 11.6 Å². The fourth-order valence-electron chi connectivity index (χ4n) is 0.948. The van der Waals surface area contributed by atoms with Crippen molar-refractivity contribution in [2.45, 2.75) is 0 Å². The van der Waals surface area contributed by atoms with Crippen LogP contribution in [0.4, 0.5) is 4.39 Å². The highest BCUT2D eigenvalue weighted by atomic mass is 35.5. The Morgan fingerprint density at radius 2 is 2.38 bits per heavy atom. The summed E-state index contributed by atoms with van der Waals surface area (Å²) in [7, 11) is 0. The SMILES string of the molecule is N#Cc1cnn2cc(F)c(Cl)nc12. The van der Waals surface area contributed by atoms with Gasteiger partial charge in [-0.3, -0.25) is 0 Å². The maximum atomic E-state index is 12.8. The summed E-state index contributed by atoms with van der Waals surface area (Å²) in [5.41, 5.74) is 0.524. The zero-order valence-corrected chi connectivity index (χ0v) is 6.96. The van der Waals surface area contributed by atoms with Gasteiger partial charge in [0.2, 0.25) is 0 Å². The Hall–Kier alpha value is -1.67. The van der Waals surface area contributed by atoms with Crippen molar-refractivity contribution in [1.82, 2.24) is 14.6 Å². The molecule has 0 saturated heterocycles. The normalized spacial score (nSPS) is 10.2. The second kappa shape index (κ2) is 2.68. The molecule has 0 radical (unpaired) electrons. The third-order valence-electron chi connectivity index (χ3n) is 1.53. The predicted molar refractivity (Wildman–Crippen MR) is 42.7 cm³/mol. The van der Waals surface area contributed by atoms with Crippen LogP contribution in [-0.2, 0) is 0 Å². The molecule has 2 rings (SSSR count). The molecule has 0 fully saturated rings. The van der Waals surface area contributed by atoms with Gasteiger partial charge in [0.05, 0.1) is 12.4 Å². The van der Waals surface area contributed by atoms with Crippen molar-refractivity contribution in [2.24, 2.45) is 0 Å². The molecule has 64 valence electrons. The Morgan fingerprint density at radius 3 is 3.08 bits per heavy atom. The molecule has 0 saturated carbocycles. The van der Waals surface area contributed by atoms with Crippen molar-refractivity contribution >= 4 is 17.2 Å². The third kappa shape index (κ3) is 1.12. The third-order valence-corrected chi connectivity index (χ3v) is 1.79. The van der Waals surface area contributed by atoms with Gasteiger partial charge in [0.15, 0.2) is 16.6 Å². The van der Waals surface area contributed by atoms with Crippen LogP contribution >= 0.6 is 11.6 Å². The fourth-order valence-corrected chi connectivity index (χ4v) is 1.08. The molecule has 0 aliphatic carbocycles. The maximum Gasteiger partial charge on any atom is 0.178 e. The standard InChI is InChI=1S/C7H2ClFN4/c8-6-5(9)3-13-7(12-6)4(1-10)2-11-13/h2-3H. The summed E-state index contributed by atoms with van der Waals surface area (Å²) in [6, 6.07) is 1.87. The predicted octanol–water partition coefficient (Wildman–Crippen LogP) is 1.39. The molecule has 0 aliphatic heterocycles. The second-order valence-corrected chi connectivity index (χ2v) is 2.68. The van der Waals surface area contributed by atoms with Crippen LogP contribution in [0.15, 0.2) is 12.4 Å². The maximum absolute atomic E-state index is 12.8. The number of fused-ring (bicyclic) bond motifs is 1. The molecular formula is C7H2ClFN4. The van der Waals surface area contributed by atoms with E-state index in [0.29, 0.717) is 0 Å². The van der Waals surface area contributed by atoms with E-state index in [4.69, 9.17) is 16.9 Å². The van der Waals surface area contributed by atoms with E-state index in [9.17, 15) is 4.39 Å². The number of hydrogen-bond donors (Lipinski definition) is 0. The van der Waals surface area contributed by atoms with Gasteiger partial charge >= 0.3 is 0 Å². The molecule has 0 aliphatic rings. The molecule has 0 atom stereocenters. The number of nitrogens with zero attached hydrogens (tertiary/aromatic N) is 4. The molecule has 2 aromatic rings. The Kier molecular flexibility index (Phi) is 1.64. The summed E-state index contributed by atoms with van der Waals surface area (Å²) in [6.45, 7) is 0. The van der Waals surface area contributed by atoms with Gasteiger partial charge in [-0.15, -0.1) is 0 Å². The molecule has 0 unspecified atom stereocenters. The topological polar surface area (TPSA) is 54.0 Å². The first-order valence-corrected chi connectivity index (χ1v) is 3.69. The average Bonchev–Trinajstić information content (AvgIpc) is 2.48. The minimum absolute atomic E-state index is 0.258. The first-order chi connectivity index (χ1) is 6.22. The van der Waals surface area contributed by atoms with E-state index in [1.807, 2.05) is 6.07 Å². The highest BCUT2D eigenvalue weighted by Gasteiger charge is 2.08. The van der Waals surface area contributed by atoms with Crippen molar-refractivity contribution in [2.75, 3.05) is 0 Å². The van der Waals surface area contributed by atoms with Crippen molar-refractivity contribution in [1.29, 1.82) is 5.26 Å². The molecule has 2 aromatic heterocycles. The van der Waals surface area contributed by atoms with Gasteiger partial charge in [-0.2, -0.15) is 10.4 Å². The van der Waals surface area contributed by atoms with E-state index in [1.54, 1.807) is 0 Å². The van der Waals surface area contributed by atoms with Gasteiger partial charge in [0.25, 0.3) is 0 Å². The van der Waals surface area contributed by atoms with Crippen LogP contribution in [0, 0.1) is 17.1 Å². The Morgan fingerprint density at radius 1 is 1.62 bits per heavy atom. The van der Waals surface area contributed by atoms with Gasteiger partial charge in [-0.25, -0.2) is 13.9 Å². The number of hydrogen-bond acceptors (Lipinski definition) is 3. The average molecular weight is 197 g/mol. The summed E-state index contributed by atoms with van der Waals surface area (Å²) in [5.74, 6) is -0.665.